The first-order chi connectivity index (χ1) is 18.6. The van der Waals surface area contributed by atoms with Crippen molar-refractivity contribution in [1.82, 2.24) is 24.8 Å². The van der Waals surface area contributed by atoms with Crippen LogP contribution in [0.1, 0.15) is 25.0 Å². The van der Waals surface area contributed by atoms with Crippen molar-refractivity contribution in [2.75, 3.05) is 44.8 Å². The summed E-state index contributed by atoms with van der Waals surface area (Å²) in [6.07, 6.45) is 4.64. The van der Waals surface area contributed by atoms with Gasteiger partial charge in [0.1, 0.15) is 11.9 Å². The molecule has 200 valence electrons. The number of likely N-dealkylation sites (tertiary alicyclic amines) is 1. The van der Waals surface area contributed by atoms with E-state index in [1.807, 2.05) is 18.2 Å². The minimum atomic E-state index is -0.183. The maximum atomic E-state index is 12.8. The van der Waals surface area contributed by atoms with E-state index in [0.717, 1.165) is 55.6 Å². The lowest BCUT2D eigenvalue weighted by molar-refractivity contribution is -0.118. The smallest absolute Gasteiger partial charge is 0.263 e. The van der Waals surface area contributed by atoms with Gasteiger partial charge in [0.25, 0.3) is 11.5 Å². The first kappa shape index (κ1) is 24.8. The topological polar surface area (TPSA) is 120 Å². The molecule has 0 aromatic carbocycles. The average molecular weight is 521 g/mol. The van der Waals surface area contributed by atoms with Gasteiger partial charge in [-0.25, -0.2) is 4.98 Å². The van der Waals surface area contributed by atoms with E-state index in [9.17, 15) is 9.59 Å². The Hall–Kier alpha value is -3.54. The summed E-state index contributed by atoms with van der Waals surface area (Å²) in [4.78, 5) is 35.7. The van der Waals surface area contributed by atoms with Crippen LogP contribution in [0.2, 0.25) is 0 Å². The van der Waals surface area contributed by atoms with Crippen LogP contribution in [0.4, 0.5) is 5.82 Å². The zero-order chi connectivity index (χ0) is 25.9. The second-order valence-electron chi connectivity index (χ2n) is 9.99. The number of fused-ring (bicyclic) bond motifs is 2. The number of nitrogens with one attached hydrogen (secondary N) is 2. The van der Waals surface area contributed by atoms with Gasteiger partial charge in [0.05, 0.1) is 36.1 Å². The second kappa shape index (κ2) is 11.1. The summed E-state index contributed by atoms with van der Waals surface area (Å²) in [5.74, 6) is 1.58. The van der Waals surface area contributed by atoms with E-state index in [0.29, 0.717) is 49.7 Å². The Morgan fingerprint density at radius 1 is 1.11 bits per heavy atom. The lowest BCUT2D eigenvalue weighted by Gasteiger charge is -2.32. The van der Waals surface area contributed by atoms with Crippen molar-refractivity contribution in [1.29, 1.82) is 0 Å². The molecule has 6 heterocycles. The van der Waals surface area contributed by atoms with Gasteiger partial charge in [0.2, 0.25) is 0 Å². The van der Waals surface area contributed by atoms with Gasteiger partial charge in [-0.1, -0.05) is 0 Å². The average Bonchev–Trinajstić information content (AvgIpc) is 3.45. The fourth-order valence-corrected chi connectivity index (χ4v) is 5.20. The molecule has 0 unspecified atom stereocenters. The fourth-order valence-electron chi connectivity index (χ4n) is 5.20. The van der Waals surface area contributed by atoms with E-state index in [1.165, 1.54) is 0 Å². The molecule has 38 heavy (non-hydrogen) atoms. The van der Waals surface area contributed by atoms with Crippen LogP contribution >= 0.6 is 0 Å². The molecule has 6 rings (SSSR count). The molecule has 0 saturated carbocycles. The molecule has 0 spiro atoms. The molecule has 3 aliphatic rings. The van der Waals surface area contributed by atoms with Crippen molar-refractivity contribution in [3.05, 3.63) is 52.6 Å². The number of ether oxygens (including phenoxy) is 3. The highest BCUT2D eigenvalue weighted by molar-refractivity contribution is 5.94. The van der Waals surface area contributed by atoms with E-state index in [4.69, 9.17) is 14.2 Å². The van der Waals surface area contributed by atoms with E-state index in [-0.39, 0.29) is 24.2 Å². The van der Waals surface area contributed by atoms with Gasteiger partial charge in [0, 0.05) is 44.2 Å². The van der Waals surface area contributed by atoms with Crippen molar-refractivity contribution < 1.29 is 19.0 Å². The van der Waals surface area contributed by atoms with Crippen LogP contribution in [-0.2, 0) is 22.6 Å². The van der Waals surface area contributed by atoms with Crippen LogP contribution in [0, 0.1) is 0 Å². The number of anilines is 1. The third-order valence-electron chi connectivity index (χ3n) is 7.34. The summed E-state index contributed by atoms with van der Waals surface area (Å²) in [5, 5.41) is 6.35. The SMILES string of the molecule is O=C1COc2ccc(CNC3CCN(CCn4c(=O)ccc5ncc(O[C@H]6CCOC6)cc54)CC3)nc2N1. The minimum absolute atomic E-state index is 0.0303. The predicted molar refractivity (Wildman–Crippen MR) is 141 cm³/mol. The third kappa shape index (κ3) is 5.64. The molecule has 11 nitrogen and oxygen atoms in total. The van der Waals surface area contributed by atoms with Gasteiger partial charge in [0.15, 0.2) is 18.2 Å². The van der Waals surface area contributed by atoms with Gasteiger partial charge >= 0.3 is 0 Å². The molecular formula is C27H32N6O5. The zero-order valence-corrected chi connectivity index (χ0v) is 21.2. The Labute approximate surface area is 220 Å². The second-order valence-corrected chi connectivity index (χ2v) is 9.99. The van der Waals surface area contributed by atoms with Gasteiger partial charge in [-0.2, -0.15) is 0 Å². The third-order valence-corrected chi connectivity index (χ3v) is 7.34. The maximum Gasteiger partial charge on any atom is 0.263 e. The summed E-state index contributed by atoms with van der Waals surface area (Å²) in [7, 11) is 0. The van der Waals surface area contributed by atoms with E-state index < -0.39 is 0 Å². The number of hydrogen-bond acceptors (Lipinski definition) is 9. The number of pyridine rings is 3. The predicted octanol–water partition coefficient (Wildman–Crippen LogP) is 1.54. The number of aromatic nitrogens is 3. The number of amides is 1. The van der Waals surface area contributed by atoms with Crippen molar-refractivity contribution in [2.45, 2.75) is 44.5 Å². The van der Waals surface area contributed by atoms with Crippen LogP contribution in [0.3, 0.4) is 0 Å². The molecular weight excluding hydrogens is 488 g/mol. The standard InChI is InChI=1S/C27H32N6O5/c34-25-17-37-24-3-1-19(30-27(24)31-25)14-28-18-5-8-32(9-6-18)10-11-33-23-13-21(38-20-7-12-36-16-20)15-29-22(23)2-4-26(33)35/h1-4,13,15,18,20,28H,5-12,14,16-17H2,(H,30,31,34)/t20-/m0/s1. The molecule has 3 aliphatic heterocycles. The molecule has 11 heteroatoms. The van der Waals surface area contributed by atoms with Crippen LogP contribution < -0.4 is 25.7 Å². The number of hydrogen-bond donors (Lipinski definition) is 2. The lowest BCUT2D eigenvalue weighted by Crippen LogP contribution is -2.43. The Morgan fingerprint density at radius 3 is 2.84 bits per heavy atom. The molecule has 1 atom stereocenters. The van der Waals surface area contributed by atoms with Crippen molar-refractivity contribution >= 4 is 22.8 Å². The minimum Gasteiger partial charge on any atom is -0.486 e. The number of carbonyl (C=O) groups is 1. The van der Waals surface area contributed by atoms with Crippen LogP contribution in [0.5, 0.6) is 11.5 Å². The fraction of sp³-hybridized carbons (Fsp3) is 0.481. The monoisotopic (exact) mass is 520 g/mol. The Bertz CT molecular complexity index is 1360. The lowest BCUT2D eigenvalue weighted by atomic mass is 10.0. The van der Waals surface area contributed by atoms with E-state index >= 15 is 0 Å². The van der Waals surface area contributed by atoms with Crippen LogP contribution in [0.25, 0.3) is 11.0 Å². The molecule has 1 amide bonds. The Balaban J connectivity index is 1.02. The molecule has 0 radical (unpaired) electrons. The van der Waals surface area contributed by atoms with Gasteiger partial charge in [-0.3, -0.25) is 14.6 Å². The van der Waals surface area contributed by atoms with Gasteiger partial charge in [-0.05, 0) is 44.1 Å². The normalized spacial score (nSPS) is 20.2. The van der Waals surface area contributed by atoms with E-state index in [1.54, 1.807) is 22.9 Å². The molecule has 3 aromatic rings. The van der Waals surface area contributed by atoms with Crippen molar-refractivity contribution in [3.8, 4) is 11.5 Å². The molecule has 2 saturated heterocycles. The molecule has 0 aliphatic carbocycles. The Kier molecular flexibility index (Phi) is 7.21. The van der Waals surface area contributed by atoms with Gasteiger partial charge < -0.3 is 34.3 Å². The quantitative estimate of drug-likeness (QED) is 0.456. The number of nitrogens with zero attached hydrogens (tertiary/aromatic N) is 4. The molecule has 2 N–H and O–H groups in total. The molecule has 2 fully saturated rings. The first-order valence-corrected chi connectivity index (χ1v) is 13.2. The summed E-state index contributed by atoms with van der Waals surface area (Å²) in [6.45, 7) is 5.24. The number of piperidine rings is 1. The largest absolute Gasteiger partial charge is 0.486 e. The first-order valence-electron chi connectivity index (χ1n) is 13.2. The van der Waals surface area contributed by atoms with Crippen LogP contribution in [-0.4, -0.2) is 76.9 Å². The summed E-state index contributed by atoms with van der Waals surface area (Å²) in [5.41, 5.74) is 2.41. The maximum absolute atomic E-state index is 12.8. The Morgan fingerprint density at radius 2 is 2.00 bits per heavy atom. The van der Waals surface area contributed by atoms with Crippen molar-refractivity contribution in [2.24, 2.45) is 0 Å². The van der Waals surface area contributed by atoms with Gasteiger partial charge in [-0.15, -0.1) is 0 Å². The van der Waals surface area contributed by atoms with E-state index in [2.05, 4.69) is 25.5 Å². The number of carbonyl (C=O) groups excluding carboxylic acids is 1. The highest BCUT2D eigenvalue weighted by Gasteiger charge is 2.21. The number of rotatable bonds is 8. The summed E-state index contributed by atoms with van der Waals surface area (Å²) in [6, 6.07) is 9.44. The molecule has 3 aromatic heterocycles. The highest BCUT2D eigenvalue weighted by atomic mass is 16.5. The summed E-state index contributed by atoms with van der Waals surface area (Å²) < 4.78 is 18.6. The molecule has 0 bridgehead atoms. The van der Waals surface area contributed by atoms with Crippen LogP contribution in [0.15, 0.2) is 41.3 Å². The summed E-state index contributed by atoms with van der Waals surface area (Å²) >= 11 is 0. The van der Waals surface area contributed by atoms with Crippen molar-refractivity contribution in [3.63, 3.8) is 0 Å². The zero-order valence-electron chi connectivity index (χ0n) is 21.2. The highest BCUT2D eigenvalue weighted by Crippen LogP contribution is 2.25.